The monoisotopic (exact) mass is 947 g/mol. The first-order valence-corrected chi connectivity index (χ1v) is 33.4. The summed E-state index contributed by atoms with van der Waals surface area (Å²) in [7, 11) is -3.38. The van der Waals surface area contributed by atoms with Crippen molar-refractivity contribution in [3.8, 4) is 0 Å². The second kappa shape index (κ2) is 32.5. The molecule has 0 aliphatic heterocycles. The van der Waals surface area contributed by atoms with Crippen molar-refractivity contribution in [3.63, 3.8) is 0 Å². The minimum atomic E-state index is -1.69. The van der Waals surface area contributed by atoms with Crippen molar-refractivity contribution in [3.05, 3.63) is 25.3 Å². The fourth-order valence-electron chi connectivity index (χ4n) is 11.6. The molecule has 376 valence electrons. The smallest absolute Gasteiger partial charge is 0.330 e. The summed E-state index contributed by atoms with van der Waals surface area (Å²) in [6.45, 7) is 21.2. The van der Waals surface area contributed by atoms with E-state index in [0.29, 0.717) is 37.6 Å². The molecule has 4 fully saturated rings. The highest BCUT2D eigenvalue weighted by Gasteiger charge is 2.34. The highest BCUT2D eigenvalue weighted by molar-refractivity contribution is 6.84. The first-order valence-electron chi connectivity index (χ1n) is 27.2. The lowest BCUT2D eigenvalue weighted by atomic mass is 9.72. The van der Waals surface area contributed by atoms with Crippen molar-refractivity contribution in [2.45, 2.75) is 242 Å². The van der Waals surface area contributed by atoms with Crippen LogP contribution in [-0.4, -0.2) is 92.6 Å². The summed E-state index contributed by atoms with van der Waals surface area (Å²) in [6, 6.07) is 2.48. The van der Waals surface area contributed by atoms with E-state index in [1.807, 2.05) is 0 Å². The van der Waals surface area contributed by atoms with Crippen LogP contribution >= 0.6 is 0 Å². The van der Waals surface area contributed by atoms with Gasteiger partial charge >= 0.3 is 11.9 Å². The zero-order valence-corrected chi connectivity index (χ0v) is 44.3. The zero-order valence-electron chi connectivity index (χ0n) is 42.3. The third-order valence-electron chi connectivity index (χ3n) is 15.4. The van der Waals surface area contributed by atoms with Crippen molar-refractivity contribution in [1.29, 1.82) is 0 Å². The average molecular weight is 948 g/mol. The van der Waals surface area contributed by atoms with Gasteiger partial charge in [-0.05, 0) is 216 Å². The summed E-state index contributed by atoms with van der Waals surface area (Å²) < 4.78 is 42.5. The Morgan fingerprint density at radius 2 is 0.631 bits per heavy atom. The molecule has 4 aliphatic rings. The van der Waals surface area contributed by atoms with Gasteiger partial charge in [0.05, 0.1) is 37.6 Å². The fraction of sp³-hybridized carbons (Fsp3) is 0.889. The van der Waals surface area contributed by atoms with E-state index in [0.717, 1.165) is 114 Å². The van der Waals surface area contributed by atoms with Crippen LogP contribution in [0.1, 0.15) is 180 Å². The summed E-state index contributed by atoms with van der Waals surface area (Å²) in [5.41, 5.74) is 0. The molecule has 4 saturated carbocycles. The lowest BCUT2D eigenvalue weighted by molar-refractivity contribution is -0.138. The van der Waals surface area contributed by atoms with E-state index in [4.69, 9.17) is 32.5 Å². The lowest BCUT2D eigenvalue weighted by Crippen LogP contribution is -2.44. The van der Waals surface area contributed by atoms with Crippen molar-refractivity contribution in [2.24, 2.45) is 23.7 Å². The maximum Gasteiger partial charge on any atom is 0.330 e. The molecular weight excluding hydrogens is 849 g/mol. The Morgan fingerprint density at radius 1 is 0.385 bits per heavy atom. The predicted molar refractivity (Wildman–Crippen MR) is 270 cm³/mol. The Hall–Kier alpha value is -1.35. The molecule has 0 aromatic rings. The summed E-state index contributed by atoms with van der Waals surface area (Å²) in [4.78, 5) is 22.2. The number of hydrogen-bond donors (Lipinski definition) is 0. The molecular formula is C54H98O9Si2. The van der Waals surface area contributed by atoms with Gasteiger partial charge in [0.25, 0.3) is 0 Å². The minimum Gasteiger partial charge on any atom is -0.463 e. The van der Waals surface area contributed by atoms with E-state index >= 15 is 0 Å². The molecule has 9 nitrogen and oxygen atoms in total. The van der Waals surface area contributed by atoms with Gasteiger partial charge in [0.1, 0.15) is 0 Å². The Bertz CT molecular complexity index is 1180. The van der Waals surface area contributed by atoms with E-state index in [9.17, 15) is 9.59 Å². The SMILES string of the molecule is C=CC(=O)OCCCCCCOC1CCC(C2CCC(OCCCC[Si](C)(C)O[Si](C)(C)CCCCOC3CCC(C4CCC(OCCCCCCOC(=O)C=C)CC4)CC3)CC2)CC1. The molecule has 4 rings (SSSR count). The molecule has 0 amide bonds. The van der Waals surface area contributed by atoms with Crippen LogP contribution in [0.4, 0.5) is 0 Å². The number of hydrogen-bond acceptors (Lipinski definition) is 9. The normalized spacial score (nSPS) is 26.6. The lowest BCUT2D eigenvalue weighted by Gasteiger charge is -2.37. The highest BCUT2D eigenvalue weighted by Crippen LogP contribution is 2.41. The molecule has 11 heteroatoms. The zero-order chi connectivity index (χ0) is 46.6. The van der Waals surface area contributed by atoms with Gasteiger partial charge in [-0.1, -0.05) is 38.8 Å². The van der Waals surface area contributed by atoms with E-state index in [2.05, 4.69) is 39.3 Å². The van der Waals surface area contributed by atoms with Gasteiger partial charge in [-0.3, -0.25) is 0 Å². The van der Waals surface area contributed by atoms with Crippen LogP contribution in [0.25, 0.3) is 0 Å². The van der Waals surface area contributed by atoms with Crippen LogP contribution in [0.2, 0.25) is 38.3 Å². The molecule has 65 heavy (non-hydrogen) atoms. The van der Waals surface area contributed by atoms with Crippen molar-refractivity contribution in [2.75, 3.05) is 39.6 Å². The number of rotatable bonds is 34. The fourth-order valence-corrected chi connectivity index (χ4v) is 20.6. The molecule has 0 aromatic carbocycles. The Labute approximate surface area is 400 Å². The molecule has 0 aromatic heterocycles. The molecule has 0 saturated heterocycles. The number of carbonyl (C=O) groups excluding carboxylic acids is 2. The molecule has 0 unspecified atom stereocenters. The highest BCUT2D eigenvalue weighted by atomic mass is 28.4. The van der Waals surface area contributed by atoms with E-state index in [1.54, 1.807) is 0 Å². The summed E-state index contributed by atoms with van der Waals surface area (Å²) >= 11 is 0. The van der Waals surface area contributed by atoms with Gasteiger partial charge < -0.3 is 32.5 Å². The first kappa shape index (κ1) is 56.2. The largest absolute Gasteiger partial charge is 0.463 e. The number of esters is 2. The summed E-state index contributed by atoms with van der Waals surface area (Å²) in [6.07, 6.45) is 38.0. The Kier molecular flexibility index (Phi) is 28.1. The van der Waals surface area contributed by atoms with Gasteiger partial charge in [0, 0.05) is 38.6 Å². The second-order valence-corrected chi connectivity index (χ2v) is 30.6. The average Bonchev–Trinajstić information content (AvgIpc) is 3.30. The summed E-state index contributed by atoms with van der Waals surface area (Å²) in [5.74, 6) is 2.87. The number of unbranched alkanes of at least 4 members (excludes halogenated alkanes) is 8. The van der Waals surface area contributed by atoms with E-state index in [-0.39, 0.29) is 11.9 Å². The maximum absolute atomic E-state index is 11.1. The molecule has 0 N–H and O–H groups in total. The van der Waals surface area contributed by atoms with E-state index < -0.39 is 16.6 Å². The minimum absolute atomic E-state index is 0.326. The third kappa shape index (κ3) is 24.7. The molecule has 0 atom stereocenters. The molecule has 0 bridgehead atoms. The quantitative estimate of drug-likeness (QED) is 0.0270. The van der Waals surface area contributed by atoms with Crippen LogP contribution in [0.15, 0.2) is 25.3 Å². The Balaban J connectivity index is 0.920. The molecule has 0 heterocycles. The second-order valence-electron chi connectivity index (χ2n) is 21.7. The van der Waals surface area contributed by atoms with Gasteiger partial charge in [-0.2, -0.15) is 0 Å². The van der Waals surface area contributed by atoms with Gasteiger partial charge in [0.15, 0.2) is 16.6 Å². The van der Waals surface area contributed by atoms with Crippen LogP contribution in [-0.2, 0) is 42.1 Å². The Morgan fingerprint density at radius 3 is 0.892 bits per heavy atom. The van der Waals surface area contributed by atoms with Crippen LogP contribution in [0.3, 0.4) is 0 Å². The van der Waals surface area contributed by atoms with Crippen LogP contribution in [0.5, 0.6) is 0 Å². The maximum atomic E-state index is 11.1. The van der Waals surface area contributed by atoms with Crippen LogP contribution in [0, 0.1) is 23.7 Å². The van der Waals surface area contributed by atoms with Crippen molar-refractivity contribution >= 4 is 28.6 Å². The van der Waals surface area contributed by atoms with Crippen molar-refractivity contribution < 1.29 is 42.1 Å². The standard InChI is InChI=1S/C54H98O9Si2/c1-7-53(55)61-41-15-11-9-13-37-57-49-29-21-45(22-30-49)47-25-33-51(34-26-47)59-39-17-19-43-64(3,4)63-65(5,6)44-20-18-40-60-52-35-27-48(28-36-52)46-23-31-50(32-24-46)58-38-14-10-12-16-42-62-54(56)8-2/h7-8,45-52H,1-2,9-44H2,3-6H3. The van der Waals surface area contributed by atoms with Gasteiger partial charge in [-0.15, -0.1) is 0 Å². The number of ether oxygens (including phenoxy) is 6. The topological polar surface area (TPSA) is 98.8 Å². The molecule has 0 radical (unpaired) electrons. The van der Waals surface area contributed by atoms with Gasteiger partial charge in [-0.25, -0.2) is 9.59 Å². The van der Waals surface area contributed by atoms with Gasteiger partial charge in [0.2, 0.25) is 0 Å². The first-order chi connectivity index (χ1) is 31.4. The van der Waals surface area contributed by atoms with E-state index in [1.165, 1.54) is 140 Å². The molecule has 4 aliphatic carbocycles. The number of carbonyl (C=O) groups is 2. The molecule has 0 spiro atoms. The summed E-state index contributed by atoms with van der Waals surface area (Å²) in [5, 5.41) is 0. The van der Waals surface area contributed by atoms with Crippen LogP contribution < -0.4 is 0 Å². The predicted octanol–water partition coefficient (Wildman–Crippen LogP) is 13.9. The third-order valence-corrected chi connectivity index (χ3v) is 23.0. The van der Waals surface area contributed by atoms with Crippen molar-refractivity contribution in [1.82, 2.24) is 0 Å².